The number of fused-ring (bicyclic) bond motifs is 2. The molecule has 4 aliphatic heterocycles. The standard InChI is InChI=1S/C33H35FN6O3S.Li/c34-22-17-38(18-22)30-26(5-3-14-36-30)31(41)37-23-9-7-20(8-10-23)32(42)39-15-13-21-16-29(33(43)40(35)24-11-12-24)44-19-27(21)25-4-1-2-6-28(25)39;/h1-2,4,6-10,14,16,22,24-25,28H,3,5,11-13,15,17-19,35H2,(H,37,41,42);/q;+1/p-1. The van der Waals surface area contributed by atoms with Crippen LogP contribution in [0.4, 0.5) is 10.1 Å². The van der Waals surface area contributed by atoms with Crippen LogP contribution in [-0.4, -0.2) is 82.4 Å². The summed E-state index contributed by atoms with van der Waals surface area (Å²) in [6.07, 6.45) is 14.8. The van der Waals surface area contributed by atoms with Crippen LogP contribution in [0.3, 0.4) is 0 Å². The molecule has 2 atom stereocenters. The molecular formula is C33H34FLiN6O3S. The van der Waals surface area contributed by atoms with Crippen LogP contribution in [-0.2, 0) is 9.59 Å². The Balaban J connectivity index is 0.00000357. The molecule has 4 heterocycles. The number of hydrogen-bond donors (Lipinski definition) is 1. The molecule has 1 saturated carbocycles. The summed E-state index contributed by atoms with van der Waals surface area (Å²) in [5.74, 6) is 6.69. The molecule has 2 N–H and O–H groups in total. The topological polar surface area (TPSA) is 113 Å². The van der Waals surface area contributed by atoms with Gasteiger partial charge in [0.05, 0.1) is 29.9 Å². The number of hydrazine groups is 1. The van der Waals surface area contributed by atoms with Crippen LogP contribution in [0.2, 0.25) is 0 Å². The van der Waals surface area contributed by atoms with E-state index in [1.807, 2.05) is 23.1 Å². The Kier molecular flexibility index (Phi) is 9.25. The fraction of sp³-hybridized carbons (Fsp3) is 0.394. The van der Waals surface area contributed by atoms with Crippen LogP contribution in [0, 0.1) is 5.92 Å². The Morgan fingerprint density at radius 2 is 1.82 bits per heavy atom. The van der Waals surface area contributed by atoms with E-state index in [1.54, 1.807) is 35.4 Å². The van der Waals surface area contributed by atoms with Crippen LogP contribution in [0.15, 0.2) is 87.1 Å². The number of nitrogens with two attached hydrogens (primary N) is 1. The maximum absolute atomic E-state index is 13.9. The number of halogens is 1. The average Bonchev–Trinajstić information content (AvgIpc) is 3.90. The maximum Gasteiger partial charge on any atom is 1.00 e. The molecule has 0 aromatic heterocycles. The summed E-state index contributed by atoms with van der Waals surface area (Å²) in [4.78, 5) is 48.7. The Bertz CT molecular complexity index is 1570. The van der Waals surface area contributed by atoms with Crippen molar-refractivity contribution in [1.82, 2.24) is 14.8 Å². The molecule has 1 aromatic rings. The van der Waals surface area contributed by atoms with Gasteiger partial charge in [-0.25, -0.2) is 15.2 Å². The molecule has 0 bridgehead atoms. The summed E-state index contributed by atoms with van der Waals surface area (Å²) in [6, 6.07) is 6.79. The molecule has 0 radical (unpaired) electrons. The number of thioether (sulfide) groups is 1. The summed E-state index contributed by atoms with van der Waals surface area (Å²) in [5, 5.41) is 5.67. The quantitative estimate of drug-likeness (QED) is 0.224. The van der Waals surface area contributed by atoms with E-state index < -0.39 is 6.17 Å². The molecule has 9 nitrogen and oxygen atoms in total. The molecule has 6 aliphatic rings. The molecule has 2 fully saturated rings. The predicted molar refractivity (Wildman–Crippen MR) is 169 cm³/mol. The number of nitrogens with zero attached hydrogens (tertiary/aromatic N) is 5. The van der Waals surface area contributed by atoms with Crippen molar-refractivity contribution in [2.24, 2.45) is 16.8 Å². The first kappa shape index (κ1) is 31.6. The van der Waals surface area contributed by atoms with Gasteiger partial charge in [0.25, 0.3) is 11.8 Å². The van der Waals surface area contributed by atoms with Gasteiger partial charge in [0, 0.05) is 41.6 Å². The molecule has 1 aromatic carbocycles. The van der Waals surface area contributed by atoms with Gasteiger partial charge in [-0.05, 0) is 49.3 Å². The number of rotatable bonds is 6. The number of likely N-dealkylation sites (tertiary alicyclic amines) is 1. The summed E-state index contributed by atoms with van der Waals surface area (Å²) in [7, 11) is 0. The van der Waals surface area contributed by atoms with Crippen molar-refractivity contribution in [1.29, 1.82) is 0 Å². The third-order valence-electron chi connectivity index (χ3n) is 8.98. The van der Waals surface area contributed by atoms with Gasteiger partial charge in [0.2, 0.25) is 0 Å². The van der Waals surface area contributed by atoms with E-state index in [2.05, 4.69) is 22.5 Å². The number of allylic oxidation sites excluding steroid dienone is 3. The minimum absolute atomic E-state index is 0. The van der Waals surface area contributed by atoms with Gasteiger partial charge in [0.1, 0.15) is 12.0 Å². The monoisotopic (exact) mass is 620 g/mol. The summed E-state index contributed by atoms with van der Waals surface area (Å²) < 4.78 is 13.4. The van der Waals surface area contributed by atoms with Gasteiger partial charge >= 0.3 is 18.9 Å². The molecule has 2 aliphatic carbocycles. The van der Waals surface area contributed by atoms with Gasteiger partial charge in [-0.2, -0.15) is 0 Å². The van der Waals surface area contributed by atoms with Gasteiger partial charge in [-0.15, -0.1) is 17.4 Å². The number of hydrogen-bond acceptors (Lipinski definition) is 7. The fourth-order valence-corrected chi connectivity index (χ4v) is 7.49. The first-order valence-electron chi connectivity index (χ1n) is 15.2. The molecule has 1 saturated heterocycles. The third kappa shape index (κ3) is 6.36. The normalized spacial score (nSPS) is 24.2. The number of amides is 3. The largest absolute Gasteiger partial charge is 1.00 e. The smallest absolute Gasteiger partial charge is 0.623 e. The van der Waals surface area contributed by atoms with Gasteiger partial charge < -0.3 is 19.9 Å². The van der Waals surface area contributed by atoms with Gasteiger partial charge in [-0.1, -0.05) is 48.6 Å². The number of carbonyl (C=O) groups excluding carboxylic acids is 3. The molecule has 45 heavy (non-hydrogen) atoms. The minimum atomic E-state index is -0.898. The van der Waals surface area contributed by atoms with E-state index >= 15 is 0 Å². The van der Waals surface area contributed by atoms with Crippen molar-refractivity contribution in [2.75, 3.05) is 25.4 Å². The second kappa shape index (κ2) is 13.2. The Labute approximate surface area is 278 Å². The molecule has 2 unspecified atom stereocenters. The Morgan fingerprint density at radius 1 is 1.07 bits per heavy atom. The van der Waals surface area contributed by atoms with Crippen LogP contribution >= 0.6 is 11.8 Å². The molecule has 7 rings (SSSR count). The summed E-state index contributed by atoms with van der Waals surface area (Å²) in [5.41, 5.74) is 3.81. The van der Waals surface area contributed by atoms with Crippen molar-refractivity contribution in [3.63, 3.8) is 0 Å². The molecular weight excluding hydrogens is 586 g/mol. The van der Waals surface area contributed by atoms with E-state index in [4.69, 9.17) is 5.84 Å². The summed E-state index contributed by atoms with van der Waals surface area (Å²) >= 11 is 1.53. The Hall–Kier alpha value is -3.36. The SMILES string of the molecule is NN(C(=O)C1=CC2=C(CS1)C1C=CC=CC1N(C(=O)c1ccc([N-]C(=O)C3=C(N4CC(F)C4)N=CCC3)cc1)CC2)C1CC1.[Li+]. The van der Waals surface area contributed by atoms with Crippen LogP contribution in [0.25, 0.3) is 5.32 Å². The summed E-state index contributed by atoms with van der Waals surface area (Å²) in [6.45, 7) is 0.985. The zero-order valence-corrected chi connectivity index (χ0v) is 26.1. The van der Waals surface area contributed by atoms with E-state index in [1.165, 1.54) is 22.3 Å². The van der Waals surface area contributed by atoms with Crippen LogP contribution in [0.5, 0.6) is 0 Å². The van der Waals surface area contributed by atoms with E-state index in [-0.39, 0.29) is 67.7 Å². The number of aliphatic imine (C=N–C) groups is 1. The first-order valence-corrected chi connectivity index (χ1v) is 16.2. The van der Waals surface area contributed by atoms with Crippen LogP contribution in [0.1, 0.15) is 42.5 Å². The van der Waals surface area contributed by atoms with E-state index in [0.717, 1.165) is 18.4 Å². The Morgan fingerprint density at radius 3 is 2.56 bits per heavy atom. The number of alkyl halides is 1. The third-order valence-corrected chi connectivity index (χ3v) is 10.0. The van der Waals surface area contributed by atoms with Crippen molar-refractivity contribution >= 4 is 41.4 Å². The van der Waals surface area contributed by atoms with Crippen molar-refractivity contribution in [2.45, 2.75) is 50.4 Å². The average molecular weight is 621 g/mol. The molecule has 228 valence electrons. The second-order valence-corrected chi connectivity index (χ2v) is 13.0. The second-order valence-electron chi connectivity index (χ2n) is 11.9. The zero-order valence-electron chi connectivity index (χ0n) is 25.3. The van der Waals surface area contributed by atoms with Gasteiger partial charge in [-0.3, -0.25) is 14.6 Å². The molecule has 0 spiro atoms. The first-order chi connectivity index (χ1) is 21.4. The van der Waals surface area contributed by atoms with Gasteiger partial charge in [0.15, 0.2) is 0 Å². The predicted octanol–water partition coefficient (Wildman–Crippen LogP) is 1.70. The zero-order chi connectivity index (χ0) is 30.4. The van der Waals surface area contributed by atoms with Crippen molar-refractivity contribution in [3.8, 4) is 0 Å². The van der Waals surface area contributed by atoms with Crippen LogP contribution < -0.4 is 24.7 Å². The number of carbonyl (C=O) groups is 3. The minimum Gasteiger partial charge on any atom is -0.623 e. The fourth-order valence-electron chi connectivity index (χ4n) is 6.35. The van der Waals surface area contributed by atoms with Crippen molar-refractivity contribution < 1.29 is 37.6 Å². The van der Waals surface area contributed by atoms with Crippen molar-refractivity contribution in [3.05, 3.63) is 93.0 Å². The molecule has 12 heteroatoms. The maximum atomic E-state index is 13.9. The van der Waals surface area contributed by atoms with E-state index in [0.29, 0.717) is 59.1 Å². The number of benzene rings is 1. The van der Waals surface area contributed by atoms with E-state index in [9.17, 15) is 18.8 Å². The molecule has 3 amide bonds.